The molecule has 0 saturated carbocycles. The first kappa shape index (κ1) is 22.2. The zero-order chi connectivity index (χ0) is 22.3. The summed E-state index contributed by atoms with van der Waals surface area (Å²) < 4.78 is 7.40. The summed E-state index contributed by atoms with van der Waals surface area (Å²) in [6.45, 7) is 3.90. The standard InChI is InChI=1S/C26H29N3O2S/c1-20-8-11-22(12-9-20)24-18-29-23(19-32-26(29)27-24)14-15-28(16-17-31-2)25(30)13-10-21-6-4-3-5-7-21/h3-9,11-12,18-19H,10,13-17H2,1-2H3. The SMILES string of the molecule is COCCN(CCc1csc2nc(-c3ccc(C)cc3)cn12)C(=O)CCc1ccccc1. The van der Waals surface area contributed by atoms with E-state index in [0.29, 0.717) is 26.1 Å². The van der Waals surface area contributed by atoms with Crippen molar-refractivity contribution < 1.29 is 9.53 Å². The number of ether oxygens (including phenoxy) is 1. The van der Waals surface area contributed by atoms with E-state index < -0.39 is 0 Å². The van der Waals surface area contributed by atoms with E-state index in [4.69, 9.17) is 9.72 Å². The van der Waals surface area contributed by atoms with Gasteiger partial charge in [-0.25, -0.2) is 4.98 Å². The minimum Gasteiger partial charge on any atom is -0.383 e. The van der Waals surface area contributed by atoms with Gasteiger partial charge in [0.2, 0.25) is 5.91 Å². The smallest absolute Gasteiger partial charge is 0.222 e. The van der Waals surface area contributed by atoms with Crippen LogP contribution in [0.2, 0.25) is 0 Å². The molecule has 0 N–H and O–H groups in total. The predicted molar refractivity (Wildman–Crippen MR) is 130 cm³/mol. The van der Waals surface area contributed by atoms with Gasteiger partial charge < -0.3 is 9.64 Å². The number of hydrogen-bond donors (Lipinski definition) is 0. The summed E-state index contributed by atoms with van der Waals surface area (Å²) in [5.41, 5.74) is 5.70. The molecule has 0 unspecified atom stereocenters. The summed E-state index contributed by atoms with van der Waals surface area (Å²) in [6, 6.07) is 18.6. The van der Waals surface area contributed by atoms with Crippen molar-refractivity contribution in [3.63, 3.8) is 0 Å². The van der Waals surface area contributed by atoms with Crippen LogP contribution in [0.25, 0.3) is 16.2 Å². The van der Waals surface area contributed by atoms with Gasteiger partial charge in [-0.15, -0.1) is 11.3 Å². The molecule has 0 aliphatic carbocycles. The third-order valence-corrected chi connectivity index (χ3v) is 6.55. The van der Waals surface area contributed by atoms with Crippen LogP contribution in [0.4, 0.5) is 0 Å². The lowest BCUT2D eigenvalue weighted by Crippen LogP contribution is -2.35. The van der Waals surface area contributed by atoms with Gasteiger partial charge in [0.1, 0.15) is 0 Å². The molecular weight excluding hydrogens is 418 g/mol. The number of rotatable bonds is 10. The minimum atomic E-state index is 0.170. The van der Waals surface area contributed by atoms with Gasteiger partial charge in [0.25, 0.3) is 0 Å². The van der Waals surface area contributed by atoms with Gasteiger partial charge in [-0.2, -0.15) is 0 Å². The molecule has 6 heteroatoms. The lowest BCUT2D eigenvalue weighted by atomic mass is 10.1. The lowest BCUT2D eigenvalue weighted by Gasteiger charge is -2.22. The van der Waals surface area contributed by atoms with Crippen molar-refractivity contribution in [3.05, 3.63) is 83.0 Å². The predicted octanol–water partition coefficient (Wildman–Crippen LogP) is 5.02. The second kappa shape index (κ2) is 10.6. The van der Waals surface area contributed by atoms with Crippen molar-refractivity contribution in [2.24, 2.45) is 0 Å². The average molecular weight is 448 g/mol. The van der Waals surface area contributed by atoms with Crippen LogP contribution in [0.1, 0.15) is 23.2 Å². The first-order valence-electron chi connectivity index (χ1n) is 11.0. The maximum Gasteiger partial charge on any atom is 0.222 e. The molecule has 1 amide bonds. The molecule has 0 spiro atoms. The van der Waals surface area contributed by atoms with E-state index >= 15 is 0 Å². The van der Waals surface area contributed by atoms with Crippen LogP contribution in [-0.4, -0.2) is 47.0 Å². The number of carbonyl (C=O) groups excluding carboxylic acids is 1. The van der Waals surface area contributed by atoms with Gasteiger partial charge in [-0.3, -0.25) is 9.20 Å². The highest BCUT2D eigenvalue weighted by molar-refractivity contribution is 7.15. The topological polar surface area (TPSA) is 46.8 Å². The second-order valence-corrected chi connectivity index (χ2v) is 8.82. The molecule has 2 heterocycles. The average Bonchev–Trinajstić information content (AvgIpc) is 3.40. The van der Waals surface area contributed by atoms with Gasteiger partial charge >= 0.3 is 0 Å². The second-order valence-electron chi connectivity index (χ2n) is 7.98. The van der Waals surface area contributed by atoms with E-state index in [1.54, 1.807) is 18.4 Å². The van der Waals surface area contributed by atoms with E-state index in [2.05, 4.69) is 59.3 Å². The quantitative estimate of drug-likeness (QED) is 0.343. The number of hydrogen-bond acceptors (Lipinski definition) is 4. The highest BCUT2D eigenvalue weighted by atomic mass is 32.1. The van der Waals surface area contributed by atoms with Crippen LogP contribution in [0.5, 0.6) is 0 Å². The van der Waals surface area contributed by atoms with Crippen molar-refractivity contribution >= 4 is 22.2 Å². The van der Waals surface area contributed by atoms with E-state index in [-0.39, 0.29) is 5.91 Å². The number of methoxy groups -OCH3 is 1. The maximum atomic E-state index is 12.9. The number of thiazole rings is 1. The molecule has 2 aromatic carbocycles. The van der Waals surface area contributed by atoms with Crippen LogP contribution in [0.15, 0.2) is 66.2 Å². The maximum absolute atomic E-state index is 12.9. The zero-order valence-electron chi connectivity index (χ0n) is 18.7. The number of nitrogens with zero attached hydrogens (tertiary/aromatic N) is 3. The normalized spacial score (nSPS) is 11.2. The van der Waals surface area contributed by atoms with E-state index in [0.717, 1.165) is 29.1 Å². The Morgan fingerprint density at radius 2 is 1.84 bits per heavy atom. The molecule has 4 aromatic rings. The molecule has 32 heavy (non-hydrogen) atoms. The van der Waals surface area contributed by atoms with Crippen LogP contribution in [0.3, 0.4) is 0 Å². The van der Waals surface area contributed by atoms with Crippen molar-refractivity contribution in [2.45, 2.75) is 26.2 Å². The zero-order valence-corrected chi connectivity index (χ0v) is 19.5. The first-order chi connectivity index (χ1) is 15.6. The number of carbonyl (C=O) groups is 1. The fraction of sp³-hybridized carbons (Fsp3) is 0.308. The molecule has 5 nitrogen and oxygen atoms in total. The van der Waals surface area contributed by atoms with Crippen LogP contribution in [0, 0.1) is 6.92 Å². The summed E-state index contributed by atoms with van der Waals surface area (Å²) in [5.74, 6) is 0.170. The largest absolute Gasteiger partial charge is 0.383 e. The van der Waals surface area contributed by atoms with Crippen LogP contribution < -0.4 is 0 Å². The summed E-state index contributed by atoms with van der Waals surface area (Å²) in [7, 11) is 1.67. The summed E-state index contributed by atoms with van der Waals surface area (Å²) >= 11 is 1.64. The Balaban J connectivity index is 1.42. The van der Waals surface area contributed by atoms with Crippen molar-refractivity contribution in [1.82, 2.24) is 14.3 Å². The Labute approximate surface area is 193 Å². The number of imidazole rings is 1. The molecule has 0 radical (unpaired) electrons. The highest BCUT2D eigenvalue weighted by Gasteiger charge is 2.16. The number of fused-ring (bicyclic) bond motifs is 1. The number of benzene rings is 2. The van der Waals surface area contributed by atoms with Gasteiger partial charge in [-0.1, -0.05) is 60.2 Å². The number of amides is 1. The molecular formula is C26H29N3O2S. The summed E-state index contributed by atoms with van der Waals surface area (Å²) in [5, 5.41) is 2.14. The Morgan fingerprint density at radius 3 is 2.59 bits per heavy atom. The van der Waals surface area contributed by atoms with Gasteiger partial charge in [0.15, 0.2) is 4.96 Å². The van der Waals surface area contributed by atoms with Crippen LogP contribution >= 0.6 is 11.3 Å². The Hall–Kier alpha value is -2.96. The summed E-state index contributed by atoms with van der Waals surface area (Å²) in [6.07, 6.45) is 4.15. The molecule has 2 aromatic heterocycles. The van der Waals surface area contributed by atoms with Crippen LogP contribution in [-0.2, 0) is 22.4 Å². The molecule has 0 aliphatic heterocycles. The van der Waals surface area contributed by atoms with Crippen molar-refractivity contribution in [2.75, 3.05) is 26.8 Å². The third kappa shape index (κ3) is 5.44. The highest BCUT2D eigenvalue weighted by Crippen LogP contribution is 2.24. The molecule has 0 bridgehead atoms. The number of aryl methyl sites for hydroxylation is 2. The van der Waals surface area contributed by atoms with Gasteiger partial charge in [0, 0.05) is 55.9 Å². The number of aromatic nitrogens is 2. The summed E-state index contributed by atoms with van der Waals surface area (Å²) in [4.78, 5) is 20.6. The Morgan fingerprint density at radius 1 is 1.06 bits per heavy atom. The lowest BCUT2D eigenvalue weighted by molar-refractivity contribution is -0.131. The minimum absolute atomic E-state index is 0.170. The van der Waals surface area contributed by atoms with E-state index in [1.165, 1.54) is 16.8 Å². The van der Waals surface area contributed by atoms with Gasteiger partial charge in [-0.05, 0) is 18.9 Å². The molecule has 0 saturated heterocycles. The fourth-order valence-electron chi connectivity index (χ4n) is 3.74. The molecule has 4 rings (SSSR count). The molecule has 0 aliphatic rings. The Bertz CT molecular complexity index is 1150. The van der Waals surface area contributed by atoms with Gasteiger partial charge in [0.05, 0.1) is 12.3 Å². The Kier molecular flexibility index (Phi) is 7.35. The molecule has 166 valence electrons. The third-order valence-electron chi connectivity index (χ3n) is 5.66. The first-order valence-corrected chi connectivity index (χ1v) is 11.8. The molecule has 0 atom stereocenters. The van der Waals surface area contributed by atoms with Crippen molar-refractivity contribution in [1.29, 1.82) is 0 Å². The fourth-order valence-corrected chi connectivity index (χ4v) is 4.65. The van der Waals surface area contributed by atoms with E-state index in [9.17, 15) is 4.79 Å². The molecule has 0 fully saturated rings. The van der Waals surface area contributed by atoms with E-state index in [1.807, 2.05) is 23.1 Å². The monoisotopic (exact) mass is 447 g/mol. The van der Waals surface area contributed by atoms with Crippen molar-refractivity contribution in [3.8, 4) is 11.3 Å².